The number of rotatable bonds is 0. The van der Waals surface area contributed by atoms with Crippen LogP contribution in [-0.4, -0.2) is 28.6 Å². The minimum absolute atomic E-state index is 0.115. The molecule has 2 N–H and O–H groups in total. The van der Waals surface area contributed by atoms with Crippen molar-refractivity contribution in [3.05, 3.63) is 0 Å². The summed E-state index contributed by atoms with van der Waals surface area (Å²) >= 11 is 0. The predicted molar refractivity (Wildman–Crippen MR) is 32.9 cm³/mol. The lowest BCUT2D eigenvalue weighted by molar-refractivity contribution is -0.375. The fourth-order valence-electron chi connectivity index (χ4n) is 0.952. The molecule has 0 aliphatic carbocycles. The van der Waals surface area contributed by atoms with E-state index in [0.717, 1.165) is 0 Å². The molecular weight excluding hydrogens is 136 g/mol. The van der Waals surface area contributed by atoms with Crippen molar-refractivity contribution in [2.45, 2.75) is 38.6 Å². The van der Waals surface area contributed by atoms with Gasteiger partial charge in [0, 0.05) is 6.42 Å². The summed E-state index contributed by atoms with van der Waals surface area (Å²) in [6, 6.07) is 0. The van der Waals surface area contributed by atoms with E-state index in [2.05, 4.69) is 0 Å². The third-order valence-electron chi connectivity index (χ3n) is 1.24. The van der Waals surface area contributed by atoms with Crippen LogP contribution < -0.4 is 0 Å². The monoisotopic (exact) mass is 148 g/mol. The van der Waals surface area contributed by atoms with Gasteiger partial charge in [-0.1, -0.05) is 0 Å². The molecule has 0 aromatic rings. The van der Waals surface area contributed by atoms with Gasteiger partial charge < -0.3 is 19.7 Å². The molecule has 0 aromatic carbocycles. The fourth-order valence-corrected chi connectivity index (χ4v) is 0.952. The summed E-state index contributed by atoms with van der Waals surface area (Å²) < 4.78 is 9.83. The second-order valence-corrected chi connectivity index (χ2v) is 2.78. The molecule has 1 aliphatic heterocycles. The van der Waals surface area contributed by atoms with Gasteiger partial charge in [-0.2, -0.15) is 0 Å². The highest BCUT2D eigenvalue weighted by Crippen LogP contribution is 2.23. The molecule has 0 unspecified atom stereocenters. The van der Waals surface area contributed by atoms with E-state index in [9.17, 15) is 0 Å². The Hall–Kier alpha value is -0.160. The average molecular weight is 148 g/mol. The Morgan fingerprint density at radius 2 is 1.60 bits per heavy atom. The third kappa shape index (κ3) is 1.91. The van der Waals surface area contributed by atoms with Crippen molar-refractivity contribution in [1.29, 1.82) is 0 Å². The highest BCUT2D eigenvalue weighted by Gasteiger charge is 2.33. The maximum atomic E-state index is 8.95. The number of hydrogen-bond acceptors (Lipinski definition) is 4. The van der Waals surface area contributed by atoms with Gasteiger partial charge in [0.05, 0.1) is 0 Å². The molecule has 2 atom stereocenters. The third-order valence-corrected chi connectivity index (χ3v) is 1.24. The minimum atomic E-state index is -0.918. The molecule has 1 rings (SSSR count). The van der Waals surface area contributed by atoms with Gasteiger partial charge >= 0.3 is 0 Å². The van der Waals surface area contributed by atoms with E-state index in [1.807, 2.05) is 0 Å². The van der Waals surface area contributed by atoms with Crippen molar-refractivity contribution in [2.75, 3.05) is 0 Å². The van der Waals surface area contributed by atoms with E-state index in [1.54, 1.807) is 13.8 Å². The molecule has 0 saturated carbocycles. The number of aliphatic hydroxyl groups is 2. The van der Waals surface area contributed by atoms with Crippen molar-refractivity contribution in [3.63, 3.8) is 0 Å². The van der Waals surface area contributed by atoms with E-state index in [-0.39, 0.29) is 6.42 Å². The first-order valence-electron chi connectivity index (χ1n) is 3.21. The SMILES string of the molecule is CC1(C)O[C@H](O)C[C@@H](O)O1. The Bertz CT molecular complexity index is 111. The van der Waals surface area contributed by atoms with Gasteiger partial charge in [0.15, 0.2) is 18.4 Å². The molecule has 1 aliphatic rings. The maximum Gasteiger partial charge on any atom is 0.169 e. The number of hydrogen-bond donors (Lipinski definition) is 2. The van der Waals surface area contributed by atoms with Gasteiger partial charge in [0.2, 0.25) is 0 Å². The highest BCUT2D eigenvalue weighted by atomic mass is 16.8. The van der Waals surface area contributed by atoms with Crippen LogP contribution in [0.1, 0.15) is 20.3 Å². The molecule has 10 heavy (non-hydrogen) atoms. The Morgan fingerprint density at radius 1 is 1.20 bits per heavy atom. The lowest BCUT2D eigenvalue weighted by Gasteiger charge is -2.36. The predicted octanol–water partition coefficient (Wildman–Crippen LogP) is -0.204. The summed E-state index contributed by atoms with van der Waals surface area (Å²) in [4.78, 5) is 0. The lowest BCUT2D eigenvalue weighted by atomic mass is 10.3. The first-order chi connectivity index (χ1) is 4.49. The van der Waals surface area contributed by atoms with Crippen LogP contribution >= 0.6 is 0 Å². The van der Waals surface area contributed by atoms with Crippen LogP contribution in [0.5, 0.6) is 0 Å². The molecule has 1 fully saturated rings. The topological polar surface area (TPSA) is 58.9 Å². The molecule has 1 saturated heterocycles. The summed E-state index contributed by atoms with van der Waals surface area (Å²) in [6.07, 6.45) is -1.72. The largest absolute Gasteiger partial charge is 0.368 e. The molecule has 4 nitrogen and oxygen atoms in total. The molecule has 1 heterocycles. The van der Waals surface area contributed by atoms with Crippen LogP contribution in [-0.2, 0) is 9.47 Å². The molecule has 0 amide bonds. The summed E-state index contributed by atoms with van der Waals surface area (Å²) in [5.74, 6) is -0.878. The van der Waals surface area contributed by atoms with Crippen molar-refractivity contribution in [3.8, 4) is 0 Å². The smallest absolute Gasteiger partial charge is 0.169 e. The second kappa shape index (κ2) is 2.47. The molecule has 0 aromatic heterocycles. The average Bonchev–Trinajstić information content (AvgIpc) is 1.54. The van der Waals surface area contributed by atoms with E-state index in [0.29, 0.717) is 0 Å². The Kier molecular flexibility index (Phi) is 1.96. The Morgan fingerprint density at radius 3 is 1.90 bits per heavy atom. The molecule has 60 valence electrons. The summed E-state index contributed by atoms with van der Waals surface area (Å²) in [5, 5.41) is 17.9. The Labute approximate surface area is 59.4 Å². The zero-order valence-electron chi connectivity index (χ0n) is 6.07. The van der Waals surface area contributed by atoms with Crippen molar-refractivity contribution in [2.24, 2.45) is 0 Å². The lowest BCUT2D eigenvalue weighted by Crippen LogP contribution is -2.44. The highest BCUT2D eigenvalue weighted by molar-refractivity contribution is 4.63. The van der Waals surface area contributed by atoms with Crippen LogP contribution in [0.4, 0.5) is 0 Å². The zero-order valence-corrected chi connectivity index (χ0v) is 6.07. The van der Waals surface area contributed by atoms with Crippen LogP contribution in [0, 0.1) is 0 Å². The maximum absolute atomic E-state index is 8.95. The second-order valence-electron chi connectivity index (χ2n) is 2.78. The standard InChI is InChI=1S/C6H12O4/c1-6(2)9-4(7)3-5(8)10-6/h4-5,7-8H,3H2,1-2H3/t4-,5-/m0/s1. The van der Waals surface area contributed by atoms with E-state index >= 15 is 0 Å². The molecule has 4 heteroatoms. The van der Waals surface area contributed by atoms with Crippen LogP contribution in [0.15, 0.2) is 0 Å². The molecule has 0 spiro atoms. The molecule has 0 radical (unpaired) electrons. The van der Waals surface area contributed by atoms with E-state index in [1.165, 1.54) is 0 Å². The summed E-state index contributed by atoms with van der Waals surface area (Å²) in [5.41, 5.74) is 0. The summed E-state index contributed by atoms with van der Waals surface area (Å²) in [6.45, 7) is 3.28. The van der Waals surface area contributed by atoms with Gasteiger partial charge in [0.25, 0.3) is 0 Å². The summed E-state index contributed by atoms with van der Waals surface area (Å²) in [7, 11) is 0. The first-order valence-corrected chi connectivity index (χ1v) is 3.21. The van der Waals surface area contributed by atoms with Gasteiger partial charge in [0.1, 0.15) is 0 Å². The number of aliphatic hydroxyl groups excluding tert-OH is 2. The van der Waals surface area contributed by atoms with Crippen LogP contribution in [0.3, 0.4) is 0 Å². The van der Waals surface area contributed by atoms with E-state index < -0.39 is 18.4 Å². The Balaban J connectivity index is 2.51. The normalized spacial score (nSPS) is 39.6. The van der Waals surface area contributed by atoms with Crippen molar-refractivity contribution in [1.82, 2.24) is 0 Å². The molecule has 0 bridgehead atoms. The van der Waals surface area contributed by atoms with Crippen LogP contribution in [0.2, 0.25) is 0 Å². The van der Waals surface area contributed by atoms with Crippen LogP contribution in [0.25, 0.3) is 0 Å². The van der Waals surface area contributed by atoms with Gasteiger partial charge in [-0.3, -0.25) is 0 Å². The van der Waals surface area contributed by atoms with Gasteiger partial charge in [-0.05, 0) is 13.8 Å². The van der Waals surface area contributed by atoms with Crippen molar-refractivity contribution >= 4 is 0 Å². The quantitative estimate of drug-likeness (QED) is 0.499. The zero-order chi connectivity index (χ0) is 7.78. The van der Waals surface area contributed by atoms with Gasteiger partial charge in [-0.15, -0.1) is 0 Å². The van der Waals surface area contributed by atoms with Gasteiger partial charge in [-0.25, -0.2) is 0 Å². The van der Waals surface area contributed by atoms with E-state index in [4.69, 9.17) is 19.7 Å². The van der Waals surface area contributed by atoms with Crippen molar-refractivity contribution < 1.29 is 19.7 Å². The first kappa shape index (κ1) is 7.94. The molecular formula is C6H12O4. The minimum Gasteiger partial charge on any atom is -0.368 e. The number of ether oxygens (including phenoxy) is 2. The fraction of sp³-hybridized carbons (Fsp3) is 1.00.